The lowest BCUT2D eigenvalue weighted by Gasteiger charge is -1.98. The van der Waals surface area contributed by atoms with Crippen LogP contribution >= 0.6 is 0 Å². The van der Waals surface area contributed by atoms with Crippen molar-refractivity contribution >= 4 is 11.6 Å². The molecule has 2 bridgehead atoms. The van der Waals surface area contributed by atoms with E-state index in [1.54, 1.807) is 24.3 Å². The third-order valence-electron chi connectivity index (χ3n) is 4.73. The monoisotopic (exact) mass is 408 g/mol. The molecule has 0 unspecified atom stereocenters. The van der Waals surface area contributed by atoms with E-state index in [1.165, 1.54) is 11.1 Å². The third kappa shape index (κ3) is 6.59. The Kier molecular flexibility index (Phi) is 8.04. The van der Waals surface area contributed by atoms with Gasteiger partial charge >= 0.3 is 0 Å². The molecule has 31 heavy (non-hydrogen) atoms. The highest BCUT2D eigenvalue weighted by atomic mass is 16.3. The summed E-state index contributed by atoms with van der Waals surface area (Å²) < 4.78 is 0. The summed E-state index contributed by atoms with van der Waals surface area (Å²) >= 11 is 0. The van der Waals surface area contributed by atoms with Crippen molar-refractivity contribution in [3.05, 3.63) is 132 Å². The molecule has 0 saturated carbocycles. The minimum atomic E-state index is -0.413. The summed E-state index contributed by atoms with van der Waals surface area (Å²) in [6.07, 6.45) is 0.613. The van der Waals surface area contributed by atoms with Crippen LogP contribution in [0.5, 0.6) is 0 Å². The van der Waals surface area contributed by atoms with Crippen LogP contribution in [0.3, 0.4) is 0 Å². The number of Topliss-reactive ketones (excluding diaryl/α,β-unsaturated/α-hetero) is 2. The van der Waals surface area contributed by atoms with Gasteiger partial charge in [0, 0.05) is 17.5 Å². The van der Waals surface area contributed by atoms with Crippen LogP contribution in [0.15, 0.2) is 115 Å². The summed E-state index contributed by atoms with van der Waals surface area (Å²) in [5, 5.41) is 8.44. The normalized spacial score (nSPS) is 10.9. The van der Waals surface area contributed by atoms with E-state index in [9.17, 15) is 9.59 Å². The Morgan fingerprint density at radius 2 is 1.13 bits per heavy atom. The van der Waals surface area contributed by atoms with Gasteiger partial charge < -0.3 is 5.11 Å². The van der Waals surface area contributed by atoms with Crippen molar-refractivity contribution in [2.24, 2.45) is 0 Å². The summed E-state index contributed by atoms with van der Waals surface area (Å²) in [4.78, 5) is 21.7. The van der Waals surface area contributed by atoms with Gasteiger partial charge in [-0.15, -0.1) is 0 Å². The molecule has 0 heterocycles. The average Bonchev–Trinajstić information content (AvgIpc) is 3.11. The Balaban J connectivity index is 0.000000133. The van der Waals surface area contributed by atoms with Gasteiger partial charge in [-0.1, -0.05) is 109 Å². The number of hydrogen-bond donors (Lipinski definition) is 1. The van der Waals surface area contributed by atoms with E-state index in [2.05, 4.69) is 48.5 Å². The van der Waals surface area contributed by atoms with Crippen LogP contribution in [0.4, 0.5) is 0 Å². The van der Waals surface area contributed by atoms with Gasteiger partial charge in [-0.05, 0) is 22.8 Å². The fraction of sp³-hybridized carbons (Fsp3) is 0.0714. The third-order valence-corrected chi connectivity index (χ3v) is 4.73. The second-order valence-electron chi connectivity index (χ2n) is 6.98. The number of fused-ring (bicyclic) bond motifs is 2. The molecule has 0 atom stereocenters. The first-order valence-corrected chi connectivity index (χ1v) is 10.1. The molecule has 0 saturated heterocycles. The molecule has 154 valence electrons. The minimum Gasteiger partial charge on any atom is -0.388 e. The topological polar surface area (TPSA) is 54.4 Å². The first kappa shape index (κ1) is 21.9. The number of aliphatic hydroxyl groups excluding tert-OH is 1. The summed E-state index contributed by atoms with van der Waals surface area (Å²) in [6, 6.07) is 37.2. The number of ketones is 2. The smallest absolute Gasteiger partial charge is 0.188 e. The minimum absolute atomic E-state index is 0.236. The van der Waals surface area contributed by atoms with Crippen LogP contribution in [-0.2, 0) is 6.42 Å². The van der Waals surface area contributed by atoms with Crippen molar-refractivity contribution in [1.82, 2.24) is 0 Å². The maximum Gasteiger partial charge on any atom is 0.188 e. The van der Waals surface area contributed by atoms with Crippen molar-refractivity contribution in [3.63, 3.8) is 0 Å². The summed E-state index contributed by atoms with van der Waals surface area (Å²) in [6.45, 7) is -0.413. The van der Waals surface area contributed by atoms with Gasteiger partial charge in [0.25, 0.3) is 0 Å². The molecule has 4 aromatic rings. The largest absolute Gasteiger partial charge is 0.388 e. The second-order valence-corrected chi connectivity index (χ2v) is 6.98. The van der Waals surface area contributed by atoms with Crippen molar-refractivity contribution < 1.29 is 14.7 Å². The van der Waals surface area contributed by atoms with Crippen molar-refractivity contribution in [3.8, 4) is 11.1 Å². The van der Waals surface area contributed by atoms with Gasteiger partial charge in [0.05, 0.1) is 0 Å². The summed E-state index contributed by atoms with van der Waals surface area (Å²) in [7, 11) is 0. The highest BCUT2D eigenvalue weighted by Gasteiger charge is 2.13. The predicted molar refractivity (Wildman–Crippen MR) is 124 cm³/mol. The predicted octanol–water partition coefficient (Wildman–Crippen LogP) is 5.64. The Labute approximate surface area is 182 Å². The van der Waals surface area contributed by atoms with Crippen molar-refractivity contribution in [2.45, 2.75) is 6.42 Å². The highest BCUT2D eigenvalue weighted by molar-refractivity contribution is 6.00. The molecular weight excluding hydrogens is 384 g/mol. The van der Waals surface area contributed by atoms with Gasteiger partial charge in [0.1, 0.15) is 6.61 Å². The van der Waals surface area contributed by atoms with E-state index in [-0.39, 0.29) is 11.6 Å². The summed E-state index contributed by atoms with van der Waals surface area (Å²) in [5.41, 5.74) is 5.13. The fourth-order valence-corrected chi connectivity index (χ4v) is 3.12. The Morgan fingerprint density at radius 3 is 1.58 bits per heavy atom. The molecule has 0 amide bonds. The molecular formula is C28H24O3. The molecule has 0 aliphatic heterocycles. The molecule has 5 rings (SSSR count). The van der Waals surface area contributed by atoms with Crippen LogP contribution in [0.1, 0.15) is 26.3 Å². The van der Waals surface area contributed by atoms with E-state index < -0.39 is 6.61 Å². The van der Waals surface area contributed by atoms with E-state index in [0.717, 1.165) is 11.1 Å². The zero-order chi connectivity index (χ0) is 21.9. The van der Waals surface area contributed by atoms with E-state index in [0.29, 0.717) is 12.0 Å². The van der Waals surface area contributed by atoms with Crippen LogP contribution in [-0.4, -0.2) is 23.3 Å². The Hall–Kier alpha value is -3.82. The van der Waals surface area contributed by atoms with Gasteiger partial charge in [0.2, 0.25) is 0 Å². The van der Waals surface area contributed by atoms with Gasteiger partial charge in [-0.3, -0.25) is 9.59 Å². The molecule has 1 N–H and O–H groups in total. The average molecular weight is 408 g/mol. The van der Waals surface area contributed by atoms with Crippen molar-refractivity contribution in [1.29, 1.82) is 0 Å². The molecule has 0 radical (unpaired) electrons. The van der Waals surface area contributed by atoms with Gasteiger partial charge in [0.15, 0.2) is 11.6 Å². The number of aliphatic hydroxyl groups is 1. The maximum atomic E-state index is 10.9. The lowest BCUT2D eigenvalue weighted by atomic mass is 10.1. The SMILES string of the molecule is O=C(CO)c1ccccc1.O=C1Cc2cccc1c2.c1ccc(-c2ccccc2)cc1. The van der Waals surface area contributed by atoms with Crippen LogP contribution in [0.2, 0.25) is 0 Å². The molecule has 0 spiro atoms. The number of benzene rings is 4. The van der Waals surface area contributed by atoms with Gasteiger partial charge in [-0.25, -0.2) is 0 Å². The fourth-order valence-electron chi connectivity index (χ4n) is 3.12. The lowest BCUT2D eigenvalue weighted by Crippen LogP contribution is -2.02. The number of hydrogen-bond acceptors (Lipinski definition) is 3. The van der Waals surface area contributed by atoms with E-state index >= 15 is 0 Å². The van der Waals surface area contributed by atoms with E-state index in [1.807, 2.05) is 42.5 Å². The standard InChI is InChI=1S/C12H10.C8H8O2.C8H6O/c1-3-7-11(8-4-1)12-9-5-2-6-10-12;9-6-8(10)7-4-2-1-3-5-7;9-8-5-6-2-1-3-7(8)4-6/h1-10H;1-5,9H,6H2;1-4H,5H2. The number of carbonyl (C=O) groups excluding carboxylic acids is 2. The first-order chi connectivity index (χ1) is 15.2. The first-order valence-electron chi connectivity index (χ1n) is 10.1. The summed E-state index contributed by atoms with van der Waals surface area (Å²) in [5.74, 6) is 0.0237. The Morgan fingerprint density at radius 1 is 0.645 bits per heavy atom. The second kappa shape index (κ2) is 11.4. The van der Waals surface area contributed by atoms with Crippen LogP contribution < -0.4 is 0 Å². The Bertz CT molecular complexity index is 1070. The van der Waals surface area contributed by atoms with Crippen LogP contribution in [0, 0.1) is 0 Å². The number of carbonyl (C=O) groups is 2. The molecule has 0 aromatic heterocycles. The van der Waals surface area contributed by atoms with Gasteiger partial charge in [-0.2, -0.15) is 0 Å². The zero-order valence-corrected chi connectivity index (χ0v) is 17.1. The van der Waals surface area contributed by atoms with E-state index in [4.69, 9.17) is 5.11 Å². The van der Waals surface area contributed by atoms with Crippen LogP contribution in [0.25, 0.3) is 11.1 Å². The molecule has 1 aliphatic rings. The molecule has 1 aliphatic carbocycles. The highest BCUT2D eigenvalue weighted by Crippen LogP contribution is 2.17. The molecule has 3 heteroatoms. The quantitative estimate of drug-likeness (QED) is 0.446. The molecule has 4 aromatic carbocycles. The zero-order valence-electron chi connectivity index (χ0n) is 17.1. The molecule has 3 nitrogen and oxygen atoms in total. The van der Waals surface area contributed by atoms with Crippen molar-refractivity contribution in [2.75, 3.05) is 6.61 Å². The molecule has 0 fully saturated rings. The number of rotatable bonds is 3. The maximum absolute atomic E-state index is 10.9. The lowest BCUT2D eigenvalue weighted by molar-refractivity contribution is 0.0903.